The minimum absolute atomic E-state index is 0.467. The topological polar surface area (TPSA) is 39.4 Å². The lowest BCUT2D eigenvalue weighted by Crippen LogP contribution is -2.24. The number of rotatable bonds is 3. The molecule has 0 spiro atoms. The number of anilines is 1. The van der Waals surface area contributed by atoms with Gasteiger partial charge in [-0.2, -0.15) is 5.26 Å². The van der Waals surface area contributed by atoms with Crippen LogP contribution in [0.15, 0.2) is 41.5 Å². The molecule has 0 fully saturated rings. The molecule has 108 valence electrons. The van der Waals surface area contributed by atoms with E-state index in [-0.39, 0.29) is 0 Å². The van der Waals surface area contributed by atoms with E-state index in [0.717, 1.165) is 24.1 Å². The van der Waals surface area contributed by atoms with Gasteiger partial charge in [0, 0.05) is 25.5 Å². The highest BCUT2D eigenvalue weighted by molar-refractivity contribution is 5.97. The van der Waals surface area contributed by atoms with Crippen molar-refractivity contribution in [1.82, 2.24) is 0 Å². The molecule has 0 atom stereocenters. The maximum absolute atomic E-state index is 8.80. The summed E-state index contributed by atoms with van der Waals surface area (Å²) in [6.45, 7) is 4.82. The van der Waals surface area contributed by atoms with Crippen molar-refractivity contribution >= 4 is 17.0 Å². The van der Waals surface area contributed by atoms with E-state index in [1.807, 2.05) is 25.1 Å². The van der Waals surface area contributed by atoms with Gasteiger partial charge in [0.25, 0.3) is 0 Å². The summed E-state index contributed by atoms with van der Waals surface area (Å²) in [5.41, 5.74) is 5.36. The predicted octanol–water partition coefficient (Wildman–Crippen LogP) is 3.97. The molecule has 1 aliphatic heterocycles. The monoisotopic (exact) mass is 279 g/mol. The summed E-state index contributed by atoms with van der Waals surface area (Å²) in [4.78, 5) is 6.50. The quantitative estimate of drug-likeness (QED) is 0.620. The summed E-state index contributed by atoms with van der Waals surface area (Å²) < 4.78 is 0. The second-order valence-corrected chi connectivity index (χ2v) is 5.28. The Balaban J connectivity index is 2.40. The molecule has 2 rings (SSSR count). The summed E-state index contributed by atoms with van der Waals surface area (Å²) in [5, 5.41) is 8.80. The first-order valence-corrected chi connectivity index (χ1v) is 7.27. The smallest absolute Gasteiger partial charge is 0.115 e. The number of benzene rings is 1. The fourth-order valence-electron chi connectivity index (χ4n) is 2.55. The Morgan fingerprint density at radius 3 is 2.95 bits per heavy atom. The maximum Gasteiger partial charge on any atom is 0.115 e. The van der Waals surface area contributed by atoms with Crippen molar-refractivity contribution in [3.05, 3.63) is 47.7 Å². The number of nitriles is 1. The molecule has 0 N–H and O–H groups in total. The van der Waals surface area contributed by atoms with Crippen LogP contribution in [-0.4, -0.2) is 19.3 Å². The zero-order chi connectivity index (χ0) is 15.2. The van der Waals surface area contributed by atoms with Crippen LogP contribution in [-0.2, 0) is 6.42 Å². The normalized spacial score (nSPS) is 16.0. The summed E-state index contributed by atoms with van der Waals surface area (Å²) in [5.74, 6) is 0. The highest BCUT2D eigenvalue weighted by Gasteiger charge is 2.14. The van der Waals surface area contributed by atoms with Gasteiger partial charge in [0.1, 0.15) is 11.8 Å². The molecule has 0 saturated carbocycles. The minimum atomic E-state index is 0.467. The molecule has 0 saturated heterocycles. The van der Waals surface area contributed by atoms with Crippen molar-refractivity contribution in [2.45, 2.75) is 26.7 Å². The first-order valence-electron chi connectivity index (χ1n) is 7.27. The van der Waals surface area contributed by atoms with Gasteiger partial charge in [0.2, 0.25) is 0 Å². The first kappa shape index (κ1) is 15.1. The molecule has 3 nitrogen and oxygen atoms in total. The molecular weight excluding hydrogens is 258 g/mol. The van der Waals surface area contributed by atoms with E-state index in [0.29, 0.717) is 5.71 Å². The van der Waals surface area contributed by atoms with E-state index < -0.39 is 0 Å². The van der Waals surface area contributed by atoms with Gasteiger partial charge in [0.05, 0.1) is 0 Å². The Labute approximate surface area is 126 Å². The molecule has 0 radical (unpaired) electrons. The largest absolute Gasteiger partial charge is 0.374 e. The second-order valence-electron chi connectivity index (χ2n) is 5.28. The number of hydrogen-bond acceptors (Lipinski definition) is 3. The van der Waals surface area contributed by atoms with Crippen LogP contribution in [0.5, 0.6) is 0 Å². The molecule has 0 aliphatic carbocycles. The van der Waals surface area contributed by atoms with E-state index >= 15 is 0 Å². The number of allylic oxidation sites excluding steroid dienone is 3. The zero-order valence-electron chi connectivity index (χ0n) is 12.9. The van der Waals surface area contributed by atoms with Crippen molar-refractivity contribution in [2.24, 2.45) is 4.99 Å². The SMILES string of the molecule is C/C=C\C(=C/N=C(C)C#N)c1ccc2c(c1)CCCN2C. The molecule has 0 aromatic heterocycles. The summed E-state index contributed by atoms with van der Waals surface area (Å²) in [6.07, 6.45) is 8.11. The standard InChI is InChI=1S/C18H21N3/c1-4-6-17(13-20-14(2)12-19)15-8-9-18-16(11-15)7-5-10-21(18)3/h4,6,8-9,11,13H,5,7,10H2,1-3H3/b6-4-,17-13+,20-14?. The molecule has 1 aromatic rings. The molecule has 0 unspecified atom stereocenters. The molecule has 1 aliphatic rings. The Kier molecular flexibility index (Phi) is 4.94. The molecule has 0 bridgehead atoms. The Morgan fingerprint density at radius 1 is 1.43 bits per heavy atom. The van der Waals surface area contributed by atoms with Crippen molar-refractivity contribution in [2.75, 3.05) is 18.5 Å². The number of fused-ring (bicyclic) bond motifs is 1. The van der Waals surface area contributed by atoms with Gasteiger partial charge >= 0.3 is 0 Å². The van der Waals surface area contributed by atoms with Crippen LogP contribution in [0.2, 0.25) is 0 Å². The molecule has 3 heteroatoms. The average molecular weight is 279 g/mol. The number of hydrogen-bond donors (Lipinski definition) is 0. The Bertz CT molecular complexity index is 645. The Hall–Kier alpha value is -2.34. The van der Waals surface area contributed by atoms with Crippen LogP contribution in [0.1, 0.15) is 31.4 Å². The minimum Gasteiger partial charge on any atom is -0.374 e. The van der Waals surface area contributed by atoms with E-state index in [1.165, 1.54) is 17.7 Å². The van der Waals surface area contributed by atoms with Crippen LogP contribution in [0.3, 0.4) is 0 Å². The summed E-state index contributed by atoms with van der Waals surface area (Å²) in [6, 6.07) is 8.60. The molecule has 0 amide bonds. The molecule has 1 heterocycles. The van der Waals surface area contributed by atoms with Crippen molar-refractivity contribution < 1.29 is 0 Å². The number of nitrogens with zero attached hydrogens (tertiary/aromatic N) is 3. The van der Waals surface area contributed by atoms with Gasteiger partial charge < -0.3 is 4.90 Å². The fourth-order valence-corrected chi connectivity index (χ4v) is 2.55. The Morgan fingerprint density at radius 2 is 2.24 bits per heavy atom. The lowest BCUT2D eigenvalue weighted by molar-refractivity contribution is 0.744. The van der Waals surface area contributed by atoms with E-state index in [9.17, 15) is 0 Å². The van der Waals surface area contributed by atoms with Gasteiger partial charge in [0.15, 0.2) is 0 Å². The van der Waals surface area contributed by atoms with Gasteiger partial charge in [-0.05, 0) is 55.5 Å². The van der Waals surface area contributed by atoms with E-state index in [4.69, 9.17) is 5.26 Å². The van der Waals surface area contributed by atoms with Crippen LogP contribution < -0.4 is 4.90 Å². The lowest BCUT2D eigenvalue weighted by atomic mass is 9.96. The molecular formula is C18H21N3. The highest BCUT2D eigenvalue weighted by Crippen LogP contribution is 2.29. The zero-order valence-corrected chi connectivity index (χ0v) is 12.9. The van der Waals surface area contributed by atoms with Gasteiger partial charge in [-0.1, -0.05) is 18.2 Å². The van der Waals surface area contributed by atoms with Crippen molar-refractivity contribution in [1.29, 1.82) is 5.26 Å². The summed E-state index contributed by atoms with van der Waals surface area (Å²) in [7, 11) is 2.14. The fraction of sp³-hybridized carbons (Fsp3) is 0.333. The third-order valence-electron chi connectivity index (χ3n) is 3.67. The van der Waals surface area contributed by atoms with Gasteiger partial charge in [-0.25, -0.2) is 4.99 Å². The average Bonchev–Trinajstić information content (AvgIpc) is 2.51. The third kappa shape index (κ3) is 3.61. The van der Waals surface area contributed by atoms with Crippen LogP contribution in [0.25, 0.3) is 5.57 Å². The van der Waals surface area contributed by atoms with Crippen molar-refractivity contribution in [3.8, 4) is 6.07 Å². The number of aryl methyl sites for hydroxylation is 1. The second kappa shape index (κ2) is 6.90. The van der Waals surface area contributed by atoms with Crippen LogP contribution >= 0.6 is 0 Å². The van der Waals surface area contributed by atoms with Gasteiger partial charge in [-0.15, -0.1) is 0 Å². The van der Waals surface area contributed by atoms with Crippen LogP contribution in [0, 0.1) is 11.3 Å². The highest BCUT2D eigenvalue weighted by atomic mass is 15.1. The van der Waals surface area contributed by atoms with E-state index in [2.05, 4.69) is 35.1 Å². The third-order valence-corrected chi connectivity index (χ3v) is 3.67. The maximum atomic E-state index is 8.80. The van der Waals surface area contributed by atoms with Gasteiger partial charge in [-0.3, -0.25) is 0 Å². The first-order chi connectivity index (χ1) is 10.2. The molecule has 21 heavy (non-hydrogen) atoms. The van der Waals surface area contributed by atoms with E-state index in [1.54, 1.807) is 13.1 Å². The molecule has 1 aromatic carbocycles. The van der Waals surface area contributed by atoms with Crippen molar-refractivity contribution in [3.63, 3.8) is 0 Å². The van der Waals surface area contributed by atoms with Crippen LogP contribution in [0.4, 0.5) is 5.69 Å². The number of aliphatic imine (C=N–C) groups is 1. The summed E-state index contributed by atoms with van der Waals surface area (Å²) >= 11 is 0. The lowest BCUT2D eigenvalue weighted by Gasteiger charge is -2.27. The predicted molar refractivity (Wildman–Crippen MR) is 89.5 cm³/mol.